The van der Waals surface area contributed by atoms with Crippen molar-refractivity contribution in [2.24, 2.45) is 0 Å². The Morgan fingerprint density at radius 2 is 1.77 bits per heavy atom. The number of nitrogens with zero attached hydrogens (tertiary/aromatic N) is 1. The second kappa shape index (κ2) is 12.4. The predicted octanol–water partition coefficient (Wildman–Crippen LogP) is 4.57. The predicted molar refractivity (Wildman–Crippen MR) is 128 cm³/mol. The molecule has 1 atom stereocenters. The molecule has 0 fully saturated rings. The average Bonchev–Trinajstić information content (AvgIpc) is 2.74. The van der Waals surface area contributed by atoms with Crippen LogP contribution in [0.2, 0.25) is 0 Å². The topological polar surface area (TPSA) is 58.6 Å². The molecule has 0 aliphatic heterocycles. The van der Waals surface area contributed by atoms with Crippen molar-refractivity contribution in [1.29, 1.82) is 0 Å². The zero-order chi connectivity index (χ0) is 22.8. The van der Waals surface area contributed by atoms with E-state index in [-0.39, 0.29) is 17.9 Å². The molecule has 6 heteroatoms. The van der Waals surface area contributed by atoms with Gasteiger partial charge < -0.3 is 15.0 Å². The van der Waals surface area contributed by atoms with Gasteiger partial charge in [-0.2, -0.15) is 0 Å². The maximum absolute atomic E-state index is 13.2. The quantitative estimate of drug-likeness (QED) is 0.554. The molecule has 2 aromatic rings. The van der Waals surface area contributed by atoms with Crippen molar-refractivity contribution in [2.45, 2.75) is 58.5 Å². The van der Waals surface area contributed by atoms with Gasteiger partial charge >= 0.3 is 0 Å². The van der Waals surface area contributed by atoms with Crippen LogP contribution in [0.3, 0.4) is 0 Å². The molecule has 2 rings (SSSR count). The first-order chi connectivity index (χ1) is 14.8. The number of nitrogens with one attached hydrogen (secondary N) is 1. The van der Waals surface area contributed by atoms with Gasteiger partial charge in [0.2, 0.25) is 11.8 Å². The molecule has 0 saturated heterocycles. The Labute approximate surface area is 190 Å². The van der Waals surface area contributed by atoms with Gasteiger partial charge in [-0.3, -0.25) is 9.59 Å². The summed E-state index contributed by atoms with van der Waals surface area (Å²) in [7, 11) is 1.64. The molecule has 0 saturated carbocycles. The van der Waals surface area contributed by atoms with Crippen LogP contribution in [0.5, 0.6) is 5.75 Å². The van der Waals surface area contributed by atoms with Gasteiger partial charge in [0.15, 0.2) is 0 Å². The van der Waals surface area contributed by atoms with Gasteiger partial charge in [0.05, 0.1) is 12.9 Å². The molecule has 168 valence electrons. The van der Waals surface area contributed by atoms with Crippen molar-refractivity contribution in [2.75, 3.05) is 12.9 Å². The minimum Gasteiger partial charge on any atom is -0.497 e. The lowest BCUT2D eigenvalue weighted by atomic mass is 10.1. The minimum atomic E-state index is -0.490. The van der Waals surface area contributed by atoms with E-state index in [0.717, 1.165) is 28.2 Å². The van der Waals surface area contributed by atoms with Gasteiger partial charge in [-0.05, 0) is 56.0 Å². The SMILES string of the molecule is CCC(C(=O)NC(C)C)N(Cc1ccccc1C)C(=O)CSCc1ccc(OC)cc1. The molecule has 2 amide bonds. The van der Waals surface area contributed by atoms with Crippen molar-refractivity contribution in [3.63, 3.8) is 0 Å². The standard InChI is InChI=1S/C25H34N2O3S/c1-6-23(25(29)26-18(2)3)27(15-21-10-8-7-9-19(21)4)24(28)17-31-16-20-11-13-22(30-5)14-12-20/h7-14,18,23H,6,15-17H2,1-5H3,(H,26,29). The molecule has 0 heterocycles. The molecule has 2 aromatic carbocycles. The van der Waals surface area contributed by atoms with E-state index in [0.29, 0.717) is 18.7 Å². The third kappa shape index (κ3) is 7.62. The van der Waals surface area contributed by atoms with Crippen molar-refractivity contribution < 1.29 is 14.3 Å². The molecule has 0 aliphatic rings. The molecule has 1 N–H and O–H groups in total. The van der Waals surface area contributed by atoms with Gasteiger partial charge in [0.1, 0.15) is 11.8 Å². The molecule has 31 heavy (non-hydrogen) atoms. The number of carbonyl (C=O) groups is 2. The van der Waals surface area contributed by atoms with Crippen LogP contribution in [-0.4, -0.2) is 41.7 Å². The van der Waals surface area contributed by atoms with Crippen molar-refractivity contribution in [3.8, 4) is 5.75 Å². The number of ether oxygens (including phenoxy) is 1. The largest absolute Gasteiger partial charge is 0.497 e. The zero-order valence-electron chi connectivity index (χ0n) is 19.2. The van der Waals surface area contributed by atoms with Crippen molar-refractivity contribution in [3.05, 3.63) is 65.2 Å². The second-order valence-electron chi connectivity index (χ2n) is 7.88. The van der Waals surface area contributed by atoms with E-state index in [2.05, 4.69) is 5.32 Å². The highest BCUT2D eigenvalue weighted by atomic mass is 32.2. The molecule has 5 nitrogen and oxygen atoms in total. The molecule has 0 aliphatic carbocycles. The minimum absolute atomic E-state index is 0.0208. The van der Waals surface area contributed by atoms with Crippen LogP contribution < -0.4 is 10.1 Å². The fourth-order valence-corrected chi connectivity index (χ4v) is 4.20. The fourth-order valence-electron chi connectivity index (χ4n) is 3.33. The van der Waals surface area contributed by atoms with Gasteiger partial charge in [-0.25, -0.2) is 0 Å². The monoisotopic (exact) mass is 442 g/mol. The molecular weight excluding hydrogens is 408 g/mol. The Balaban J connectivity index is 2.12. The number of carbonyl (C=O) groups excluding carboxylic acids is 2. The fraction of sp³-hybridized carbons (Fsp3) is 0.440. The average molecular weight is 443 g/mol. The maximum Gasteiger partial charge on any atom is 0.243 e. The summed E-state index contributed by atoms with van der Waals surface area (Å²) in [6.07, 6.45) is 0.569. The lowest BCUT2D eigenvalue weighted by molar-refractivity contribution is -0.139. The summed E-state index contributed by atoms with van der Waals surface area (Å²) < 4.78 is 5.19. The van der Waals surface area contributed by atoms with Gasteiger partial charge in [-0.15, -0.1) is 11.8 Å². The third-order valence-electron chi connectivity index (χ3n) is 5.07. The number of aryl methyl sites for hydroxylation is 1. The highest BCUT2D eigenvalue weighted by Crippen LogP contribution is 2.20. The number of hydrogen-bond acceptors (Lipinski definition) is 4. The summed E-state index contributed by atoms with van der Waals surface area (Å²) in [5.41, 5.74) is 3.31. The van der Waals surface area contributed by atoms with E-state index < -0.39 is 6.04 Å². The number of benzene rings is 2. The number of methoxy groups -OCH3 is 1. The van der Waals surface area contributed by atoms with Crippen LogP contribution >= 0.6 is 11.8 Å². The normalized spacial score (nSPS) is 11.8. The van der Waals surface area contributed by atoms with Crippen LogP contribution in [0.25, 0.3) is 0 Å². The van der Waals surface area contributed by atoms with E-state index in [4.69, 9.17) is 4.74 Å². The summed E-state index contributed by atoms with van der Waals surface area (Å²) in [6, 6.07) is 15.4. The lowest BCUT2D eigenvalue weighted by Crippen LogP contribution is -2.51. The third-order valence-corrected chi connectivity index (χ3v) is 6.06. The van der Waals surface area contributed by atoms with Gasteiger partial charge in [0, 0.05) is 18.3 Å². The number of thioether (sulfide) groups is 1. The number of rotatable bonds is 11. The van der Waals surface area contributed by atoms with Crippen LogP contribution in [-0.2, 0) is 21.9 Å². The highest BCUT2D eigenvalue weighted by molar-refractivity contribution is 7.99. The van der Waals surface area contributed by atoms with Crippen LogP contribution in [0.1, 0.15) is 43.9 Å². The molecule has 1 unspecified atom stereocenters. The first kappa shape index (κ1) is 24.8. The van der Waals surface area contributed by atoms with Crippen LogP contribution in [0, 0.1) is 6.92 Å². The maximum atomic E-state index is 13.2. The Morgan fingerprint density at radius 1 is 1.10 bits per heavy atom. The Kier molecular flexibility index (Phi) is 9.92. The van der Waals surface area contributed by atoms with E-state index >= 15 is 0 Å². The summed E-state index contributed by atoms with van der Waals surface area (Å²) in [6.45, 7) is 8.28. The first-order valence-corrected chi connectivity index (χ1v) is 11.9. The van der Waals surface area contributed by atoms with Gasteiger partial charge in [0.25, 0.3) is 0 Å². The first-order valence-electron chi connectivity index (χ1n) is 10.7. The van der Waals surface area contributed by atoms with E-state index in [9.17, 15) is 9.59 Å². The summed E-state index contributed by atoms with van der Waals surface area (Å²) in [5.74, 6) is 1.75. The van der Waals surface area contributed by atoms with Crippen LogP contribution in [0.15, 0.2) is 48.5 Å². The molecule has 0 aromatic heterocycles. The molecule has 0 bridgehead atoms. The Bertz CT molecular complexity index is 852. The summed E-state index contributed by atoms with van der Waals surface area (Å²) in [5, 5.41) is 2.97. The molecule has 0 radical (unpaired) electrons. The van der Waals surface area contributed by atoms with E-state index in [1.165, 1.54) is 0 Å². The Hall–Kier alpha value is -2.47. The van der Waals surface area contributed by atoms with Crippen molar-refractivity contribution in [1.82, 2.24) is 10.2 Å². The molecular formula is C25H34N2O3S. The van der Waals surface area contributed by atoms with Gasteiger partial charge in [-0.1, -0.05) is 43.3 Å². The van der Waals surface area contributed by atoms with E-state index in [1.807, 2.05) is 76.2 Å². The van der Waals surface area contributed by atoms with E-state index in [1.54, 1.807) is 23.8 Å². The number of hydrogen-bond donors (Lipinski definition) is 1. The highest BCUT2D eigenvalue weighted by Gasteiger charge is 2.29. The second-order valence-corrected chi connectivity index (χ2v) is 8.86. The van der Waals surface area contributed by atoms with Crippen LogP contribution in [0.4, 0.5) is 0 Å². The summed E-state index contributed by atoms with van der Waals surface area (Å²) >= 11 is 1.56. The molecule has 0 spiro atoms. The lowest BCUT2D eigenvalue weighted by Gasteiger charge is -2.31. The summed E-state index contributed by atoms with van der Waals surface area (Å²) in [4.78, 5) is 27.8. The Morgan fingerprint density at radius 3 is 2.35 bits per heavy atom. The van der Waals surface area contributed by atoms with Crippen molar-refractivity contribution >= 4 is 23.6 Å². The smallest absolute Gasteiger partial charge is 0.243 e. The number of amides is 2. The zero-order valence-corrected chi connectivity index (χ0v) is 20.0.